The smallest absolute Gasteiger partial charge is 0.263 e. The summed E-state index contributed by atoms with van der Waals surface area (Å²) in [5.74, 6) is -0.356. The number of nitrogens with zero attached hydrogens (tertiary/aromatic N) is 3. The van der Waals surface area contributed by atoms with Gasteiger partial charge in [-0.1, -0.05) is 23.7 Å². The van der Waals surface area contributed by atoms with Crippen molar-refractivity contribution in [3.63, 3.8) is 0 Å². The van der Waals surface area contributed by atoms with E-state index in [0.717, 1.165) is 17.0 Å². The maximum absolute atomic E-state index is 12.6. The van der Waals surface area contributed by atoms with Crippen LogP contribution in [-0.4, -0.2) is 20.4 Å². The van der Waals surface area contributed by atoms with Gasteiger partial charge in [0.05, 0.1) is 6.54 Å². The average Bonchev–Trinajstić information content (AvgIpc) is 2.57. The van der Waals surface area contributed by atoms with E-state index in [4.69, 9.17) is 11.6 Å². The maximum atomic E-state index is 12.6. The van der Waals surface area contributed by atoms with Gasteiger partial charge in [-0.2, -0.15) is 0 Å². The van der Waals surface area contributed by atoms with E-state index in [-0.39, 0.29) is 17.1 Å². The van der Waals surface area contributed by atoms with Crippen molar-refractivity contribution in [2.45, 2.75) is 20.4 Å². The molecule has 0 aliphatic rings. The van der Waals surface area contributed by atoms with Gasteiger partial charge < -0.3 is 4.57 Å². The standard InChI is InChI=1S/C19H17ClN4O2/c1-12-10-13(2)22-19(21-12)23-17(25)16-4-3-9-24(18(16)26)11-14-5-7-15(20)8-6-14/h3-10H,11H2,1-2H3,(H,21,22,23,25). The zero-order chi connectivity index (χ0) is 18.7. The van der Waals surface area contributed by atoms with Crippen molar-refractivity contribution in [3.05, 3.63) is 86.6 Å². The number of aryl methyl sites for hydroxylation is 2. The molecule has 0 saturated heterocycles. The van der Waals surface area contributed by atoms with Gasteiger partial charge in [-0.25, -0.2) is 9.97 Å². The summed E-state index contributed by atoms with van der Waals surface area (Å²) in [6.07, 6.45) is 1.64. The third kappa shape index (κ3) is 4.15. The van der Waals surface area contributed by atoms with E-state index in [9.17, 15) is 9.59 Å². The molecule has 6 nitrogen and oxygen atoms in total. The minimum atomic E-state index is -0.537. The molecule has 1 N–H and O–H groups in total. The third-order valence-corrected chi connectivity index (χ3v) is 3.99. The van der Waals surface area contributed by atoms with E-state index in [1.165, 1.54) is 10.6 Å². The number of carbonyl (C=O) groups excluding carboxylic acids is 1. The van der Waals surface area contributed by atoms with E-state index >= 15 is 0 Å². The Hall–Kier alpha value is -2.99. The van der Waals surface area contributed by atoms with E-state index in [2.05, 4.69) is 15.3 Å². The number of rotatable bonds is 4. The van der Waals surface area contributed by atoms with E-state index in [1.807, 2.05) is 26.0 Å². The van der Waals surface area contributed by atoms with Crippen LogP contribution in [0.4, 0.5) is 5.95 Å². The molecule has 2 heterocycles. The van der Waals surface area contributed by atoms with Gasteiger partial charge in [0.25, 0.3) is 11.5 Å². The highest BCUT2D eigenvalue weighted by molar-refractivity contribution is 6.30. The quantitative estimate of drug-likeness (QED) is 0.767. The lowest BCUT2D eigenvalue weighted by Gasteiger charge is -2.09. The Balaban J connectivity index is 1.85. The van der Waals surface area contributed by atoms with Crippen molar-refractivity contribution in [2.75, 3.05) is 5.32 Å². The second kappa shape index (κ2) is 7.49. The lowest BCUT2D eigenvalue weighted by Crippen LogP contribution is -2.29. The Bertz CT molecular complexity index is 993. The lowest BCUT2D eigenvalue weighted by molar-refractivity contribution is 0.102. The fourth-order valence-electron chi connectivity index (χ4n) is 2.57. The number of aromatic nitrogens is 3. The molecule has 0 radical (unpaired) electrons. The largest absolute Gasteiger partial charge is 0.310 e. The van der Waals surface area contributed by atoms with Crippen LogP contribution in [0.1, 0.15) is 27.3 Å². The van der Waals surface area contributed by atoms with Gasteiger partial charge in [0.15, 0.2) is 0 Å². The van der Waals surface area contributed by atoms with Crippen LogP contribution in [0.25, 0.3) is 0 Å². The van der Waals surface area contributed by atoms with Crippen LogP contribution in [0.3, 0.4) is 0 Å². The molecule has 0 aliphatic carbocycles. The first-order valence-electron chi connectivity index (χ1n) is 8.00. The average molecular weight is 369 g/mol. The number of anilines is 1. The predicted octanol–water partition coefficient (Wildman–Crippen LogP) is 3.21. The van der Waals surface area contributed by atoms with Crippen molar-refractivity contribution in [1.82, 2.24) is 14.5 Å². The fraction of sp³-hybridized carbons (Fsp3) is 0.158. The van der Waals surface area contributed by atoms with Crippen LogP contribution in [0.5, 0.6) is 0 Å². The molecule has 0 unspecified atom stereocenters. The third-order valence-electron chi connectivity index (χ3n) is 3.74. The SMILES string of the molecule is Cc1cc(C)nc(NC(=O)c2cccn(Cc3ccc(Cl)cc3)c2=O)n1. The lowest BCUT2D eigenvalue weighted by atomic mass is 10.2. The van der Waals surface area contributed by atoms with E-state index in [1.54, 1.807) is 30.5 Å². The summed E-state index contributed by atoms with van der Waals surface area (Å²) in [5, 5.41) is 3.21. The second-order valence-electron chi connectivity index (χ2n) is 5.91. The van der Waals surface area contributed by atoms with Crippen LogP contribution in [0, 0.1) is 13.8 Å². The first-order chi connectivity index (χ1) is 12.4. The molecule has 0 spiro atoms. The molecule has 1 amide bonds. The van der Waals surface area contributed by atoms with Gasteiger partial charge >= 0.3 is 0 Å². The van der Waals surface area contributed by atoms with Gasteiger partial charge in [0, 0.05) is 22.6 Å². The zero-order valence-electron chi connectivity index (χ0n) is 14.4. The summed E-state index contributed by atoms with van der Waals surface area (Å²) >= 11 is 5.88. The number of hydrogen-bond donors (Lipinski definition) is 1. The van der Waals surface area contributed by atoms with Crippen molar-refractivity contribution >= 4 is 23.5 Å². The molecule has 0 aliphatic heterocycles. The summed E-state index contributed by atoms with van der Waals surface area (Å²) in [5.41, 5.74) is 2.03. The van der Waals surface area contributed by atoms with Crippen molar-refractivity contribution < 1.29 is 4.79 Å². The summed E-state index contributed by atoms with van der Waals surface area (Å²) in [6.45, 7) is 3.97. The Morgan fingerprint density at radius 1 is 1.12 bits per heavy atom. The molecule has 3 rings (SSSR count). The highest BCUT2D eigenvalue weighted by Crippen LogP contribution is 2.10. The molecule has 132 valence electrons. The zero-order valence-corrected chi connectivity index (χ0v) is 15.1. The first kappa shape index (κ1) is 17.8. The Kier molecular flexibility index (Phi) is 5.14. The molecule has 3 aromatic rings. The predicted molar refractivity (Wildman–Crippen MR) is 101 cm³/mol. The van der Waals surface area contributed by atoms with E-state index in [0.29, 0.717) is 11.6 Å². The Labute approximate surface area is 155 Å². The molecule has 7 heteroatoms. The number of pyridine rings is 1. The minimum absolute atomic E-state index is 0.0317. The molecule has 0 bridgehead atoms. The van der Waals surface area contributed by atoms with Gasteiger partial charge in [-0.15, -0.1) is 0 Å². The Morgan fingerprint density at radius 2 is 1.77 bits per heavy atom. The number of amides is 1. The van der Waals surface area contributed by atoms with Gasteiger partial charge in [-0.05, 0) is 49.7 Å². The molecule has 0 fully saturated rings. The number of hydrogen-bond acceptors (Lipinski definition) is 4. The normalized spacial score (nSPS) is 10.6. The number of benzene rings is 1. The summed E-state index contributed by atoms with van der Waals surface area (Å²) in [7, 11) is 0. The highest BCUT2D eigenvalue weighted by Gasteiger charge is 2.14. The molecular weight excluding hydrogens is 352 g/mol. The highest BCUT2D eigenvalue weighted by atomic mass is 35.5. The topological polar surface area (TPSA) is 76.9 Å². The first-order valence-corrected chi connectivity index (χ1v) is 8.38. The van der Waals surface area contributed by atoms with Crippen LogP contribution in [0.2, 0.25) is 5.02 Å². The molecule has 0 saturated carbocycles. The van der Waals surface area contributed by atoms with Crippen LogP contribution in [0.15, 0.2) is 53.5 Å². The van der Waals surface area contributed by atoms with Gasteiger partial charge in [0.2, 0.25) is 5.95 Å². The van der Waals surface area contributed by atoms with Gasteiger partial charge in [0.1, 0.15) is 5.56 Å². The van der Waals surface area contributed by atoms with Crippen LogP contribution >= 0.6 is 11.6 Å². The molecule has 2 aromatic heterocycles. The second-order valence-corrected chi connectivity index (χ2v) is 6.35. The summed E-state index contributed by atoms with van der Waals surface area (Å²) in [6, 6.07) is 12.1. The van der Waals surface area contributed by atoms with Crippen molar-refractivity contribution in [1.29, 1.82) is 0 Å². The van der Waals surface area contributed by atoms with Crippen molar-refractivity contribution in [2.24, 2.45) is 0 Å². The minimum Gasteiger partial charge on any atom is -0.310 e. The fourth-order valence-corrected chi connectivity index (χ4v) is 2.70. The molecule has 1 aromatic carbocycles. The number of nitrogens with one attached hydrogen (secondary N) is 1. The van der Waals surface area contributed by atoms with Crippen LogP contribution in [-0.2, 0) is 6.54 Å². The monoisotopic (exact) mass is 368 g/mol. The molecule has 26 heavy (non-hydrogen) atoms. The van der Waals surface area contributed by atoms with Gasteiger partial charge in [-0.3, -0.25) is 14.9 Å². The Morgan fingerprint density at radius 3 is 2.42 bits per heavy atom. The summed E-state index contributed by atoms with van der Waals surface area (Å²) < 4.78 is 1.47. The van der Waals surface area contributed by atoms with E-state index < -0.39 is 5.91 Å². The van der Waals surface area contributed by atoms with Crippen molar-refractivity contribution in [3.8, 4) is 0 Å². The molecule has 0 atom stereocenters. The number of halogens is 1. The number of carbonyl (C=O) groups is 1. The molecular formula is C19H17ClN4O2. The van der Waals surface area contributed by atoms with Crippen LogP contribution < -0.4 is 10.9 Å². The summed E-state index contributed by atoms with van der Waals surface area (Å²) in [4.78, 5) is 33.5. The maximum Gasteiger partial charge on any atom is 0.263 e.